The van der Waals surface area contributed by atoms with Crippen LogP contribution >= 0.6 is 0 Å². The summed E-state index contributed by atoms with van der Waals surface area (Å²) < 4.78 is 39.8. The average molecular weight is 274 g/mol. The van der Waals surface area contributed by atoms with Crippen LogP contribution < -0.4 is 10.6 Å². The van der Waals surface area contributed by atoms with Crippen LogP contribution in [-0.2, 0) is 19.3 Å². The summed E-state index contributed by atoms with van der Waals surface area (Å²) in [5.41, 5.74) is 0.211. The van der Waals surface area contributed by atoms with Crippen LogP contribution in [0, 0.1) is 0 Å². The molecule has 1 aromatic rings. The quantitative estimate of drug-likeness (QED) is 0.842. The highest BCUT2D eigenvalue weighted by Crippen LogP contribution is 2.31. The highest BCUT2D eigenvalue weighted by Gasteiger charge is 2.40. The van der Waals surface area contributed by atoms with Crippen LogP contribution in [0.15, 0.2) is 0 Å². The van der Waals surface area contributed by atoms with Crippen molar-refractivity contribution in [1.29, 1.82) is 0 Å². The van der Waals surface area contributed by atoms with E-state index in [0.717, 1.165) is 17.4 Å². The molecule has 1 aliphatic carbocycles. The zero-order valence-electron chi connectivity index (χ0n) is 10.0. The van der Waals surface area contributed by atoms with Crippen molar-refractivity contribution in [2.45, 2.75) is 38.1 Å². The van der Waals surface area contributed by atoms with Crippen LogP contribution in [0.25, 0.3) is 0 Å². The molecule has 1 aliphatic heterocycles. The number of hydrogen-bond donors (Lipinski definition) is 2. The molecule has 0 bridgehead atoms. The molecule has 0 radical (unpaired) electrons. The second-order valence-corrected chi connectivity index (χ2v) is 4.80. The Balaban J connectivity index is 1.99. The molecule has 2 N–H and O–H groups in total. The predicted molar refractivity (Wildman–Crippen MR) is 59.4 cm³/mol. The molecule has 104 valence electrons. The van der Waals surface area contributed by atoms with E-state index >= 15 is 0 Å². The minimum absolute atomic E-state index is 0.0933. The number of carbonyl (C=O) groups excluding carboxylic acids is 1. The van der Waals surface area contributed by atoms with E-state index in [-0.39, 0.29) is 24.8 Å². The molecule has 5 nitrogen and oxygen atoms in total. The molecule has 2 aliphatic rings. The minimum atomic E-state index is -4.54. The van der Waals surface area contributed by atoms with E-state index in [0.29, 0.717) is 12.2 Å². The first-order chi connectivity index (χ1) is 8.97. The second-order valence-electron chi connectivity index (χ2n) is 4.80. The number of carbonyl (C=O) groups is 1. The molecule has 2 heterocycles. The van der Waals surface area contributed by atoms with Gasteiger partial charge in [0, 0.05) is 25.7 Å². The van der Waals surface area contributed by atoms with Crippen LogP contribution in [0.1, 0.15) is 34.8 Å². The summed E-state index contributed by atoms with van der Waals surface area (Å²) in [6.45, 7) is 0.848. The van der Waals surface area contributed by atoms with Crippen molar-refractivity contribution in [2.24, 2.45) is 0 Å². The maximum Gasteiger partial charge on any atom is 0.449 e. The Kier molecular flexibility index (Phi) is 2.77. The molecule has 1 aromatic heterocycles. The van der Waals surface area contributed by atoms with Crippen molar-refractivity contribution in [2.75, 3.05) is 6.54 Å². The van der Waals surface area contributed by atoms with Crippen molar-refractivity contribution in [3.05, 3.63) is 17.2 Å². The minimum Gasteiger partial charge on any atom is -0.348 e. The van der Waals surface area contributed by atoms with Gasteiger partial charge in [0.25, 0.3) is 5.91 Å². The lowest BCUT2D eigenvalue weighted by Crippen LogP contribution is -2.32. The molecule has 0 saturated heterocycles. The lowest BCUT2D eigenvalue weighted by molar-refractivity contribution is -0.147. The van der Waals surface area contributed by atoms with E-state index in [1.54, 1.807) is 0 Å². The van der Waals surface area contributed by atoms with Gasteiger partial charge in [-0.05, 0) is 12.8 Å². The third-order valence-electron chi connectivity index (χ3n) is 3.26. The van der Waals surface area contributed by atoms with E-state index in [9.17, 15) is 18.0 Å². The first kappa shape index (κ1) is 12.5. The Morgan fingerprint density at radius 3 is 2.79 bits per heavy atom. The van der Waals surface area contributed by atoms with Gasteiger partial charge in [0.2, 0.25) is 5.82 Å². The number of nitrogens with zero attached hydrogens (tertiary/aromatic N) is 2. The average Bonchev–Trinajstić information content (AvgIpc) is 3.06. The van der Waals surface area contributed by atoms with E-state index in [2.05, 4.69) is 15.6 Å². The number of rotatable bonds is 2. The third kappa shape index (κ3) is 2.32. The monoisotopic (exact) mass is 274 g/mol. The summed E-state index contributed by atoms with van der Waals surface area (Å²) >= 11 is 0. The SMILES string of the molecule is O=C(NC1CC1)c1nc(C(F)(F)F)n2c1CNCC2. The second kappa shape index (κ2) is 4.22. The van der Waals surface area contributed by atoms with Gasteiger partial charge in [-0.25, -0.2) is 4.98 Å². The molecule has 0 unspecified atom stereocenters. The summed E-state index contributed by atoms with van der Waals surface area (Å²) in [7, 11) is 0. The Morgan fingerprint density at radius 2 is 2.16 bits per heavy atom. The number of hydrogen-bond acceptors (Lipinski definition) is 3. The lowest BCUT2D eigenvalue weighted by Gasteiger charge is -2.19. The van der Waals surface area contributed by atoms with Crippen molar-refractivity contribution in [3.8, 4) is 0 Å². The highest BCUT2D eigenvalue weighted by atomic mass is 19.4. The first-order valence-electron chi connectivity index (χ1n) is 6.15. The van der Waals surface area contributed by atoms with Crippen LogP contribution in [0.4, 0.5) is 13.2 Å². The van der Waals surface area contributed by atoms with Gasteiger partial charge in [-0.15, -0.1) is 0 Å². The molecule has 1 amide bonds. The Morgan fingerprint density at radius 1 is 1.42 bits per heavy atom. The number of imidazole rings is 1. The molecule has 3 rings (SSSR count). The normalized spacial score (nSPS) is 19.1. The van der Waals surface area contributed by atoms with Gasteiger partial charge in [0.1, 0.15) is 0 Å². The fourth-order valence-electron chi connectivity index (χ4n) is 2.18. The molecule has 8 heteroatoms. The summed E-state index contributed by atoms with van der Waals surface area (Å²) in [6, 6.07) is 0.0933. The van der Waals surface area contributed by atoms with Crippen LogP contribution in [0.3, 0.4) is 0 Å². The smallest absolute Gasteiger partial charge is 0.348 e. The number of halogens is 3. The molecular weight excluding hydrogens is 261 g/mol. The summed E-state index contributed by atoms with van der Waals surface area (Å²) in [5.74, 6) is -1.49. The zero-order valence-corrected chi connectivity index (χ0v) is 10.0. The van der Waals surface area contributed by atoms with Crippen LogP contribution in [-0.4, -0.2) is 28.0 Å². The van der Waals surface area contributed by atoms with Gasteiger partial charge < -0.3 is 15.2 Å². The number of fused-ring (bicyclic) bond motifs is 1. The van der Waals surface area contributed by atoms with Gasteiger partial charge in [0.15, 0.2) is 5.69 Å². The fourth-order valence-corrected chi connectivity index (χ4v) is 2.18. The zero-order chi connectivity index (χ0) is 13.6. The van der Waals surface area contributed by atoms with Gasteiger partial charge in [0.05, 0.1) is 5.69 Å². The maximum absolute atomic E-state index is 12.9. The molecule has 1 saturated carbocycles. The largest absolute Gasteiger partial charge is 0.449 e. The van der Waals surface area contributed by atoms with Crippen LogP contribution in [0.5, 0.6) is 0 Å². The molecule has 19 heavy (non-hydrogen) atoms. The van der Waals surface area contributed by atoms with Gasteiger partial charge >= 0.3 is 6.18 Å². The lowest BCUT2D eigenvalue weighted by atomic mass is 10.2. The standard InChI is InChI=1S/C11H13F3N4O/c12-11(13,14)10-17-8(9(19)16-6-1-2-6)7-5-15-3-4-18(7)10/h6,15H,1-5H2,(H,16,19). The molecule has 1 fully saturated rings. The van der Waals surface area contributed by atoms with Crippen molar-refractivity contribution >= 4 is 5.91 Å². The third-order valence-corrected chi connectivity index (χ3v) is 3.26. The Bertz CT molecular complexity index is 519. The fraction of sp³-hybridized carbons (Fsp3) is 0.636. The predicted octanol–water partition coefficient (Wildman–Crippen LogP) is 0.897. The molecular formula is C11H13F3N4O. The van der Waals surface area contributed by atoms with Crippen molar-refractivity contribution in [3.63, 3.8) is 0 Å². The van der Waals surface area contributed by atoms with Gasteiger partial charge in [-0.2, -0.15) is 13.2 Å². The summed E-state index contributed by atoms with van der Waals surface area (Å²) in [5, 5.41) is 5.64. The van der Waals surface area contributed by atoms with Crippen LogP contribution in [0.2, 0.25) is 0 Å². The number of alkyl halides is 3. The number of amides is 1. The Labute approximate surface area is 107 Å². The molecule has 0 aromatic carbocycles. The Hall–Kier alpha value is -1.57. The van der Waals surface area contributed by atoms with Crippen molar-refractivity contribution < 1.29 is 18.0 Å². The maximum atomic E-state index is 12.9. The molecule has 0 atom stereocenters. The highest BCUT2D eigenvalue weighted by molar-refractivity contribution is 5.94. The first-order valence-corrected chi connectivity index (χ1v) is 6.15. The molecule has 0 spiro atoms. The number of nitrogens with one attached hydrogen (secondary N) is 2. The van der Waals surface area contributed by atoms with E-state index in [1.807, 2.05) is 0 Å². The number of aromatic nitrogens is 2. The summed E-state index contributed by atoms with van der Waals surface area (Å²) in [4.78, 5) is 15.5. The van der Waals surface area contributed by atoms with E-state index in [4.69, 9.17) is 0 Å². The topological polar surface area (TPSA) is 59.0 Å². The van der Waals surface area contributed by atoms with E-state index < -0.39 is 17.9 Å². The van der Waals surface area contributed by atoms with E-state index in [1.165, 1.54) is 0 Å². The van der Waals surface area contributed by atoms with Gasteiger partial charge in [-0.3, -0.25) is 4.79 Å². The van der Waals surface area contributed by atoms with Crippen molar-refractivity contribution in [1.82, 2.24) is 20.2 Å². The summed E-state index contributed by atoms with van der Waals surface area (Å²) in [6.07, 6.45) is -2.78. The van der Waals surface area contributed by atoms with Gasteiger partial charge in [-0.1, -0.05) is 0 Å².